The van der Waals surface area contributed by atoms with E-state index >= 15 is 0 Å². The molecule has 0 amide bonds. The molecule has 0 atom stereocenters. The number of rotatable bonds is 9. The molecular formula is C15H25NO2. The van der Waals surface area contributed by atoms with E-state index in [1.165, 1.54) is 5.56 Å². The van der Waals surface area contributed by atoms with E-state index in [0.717, 1.165) is 38.3 Å². The van der Waals surface area contributed by atoms with Crippen LogP contribution in [0.4, 0.5) is 0 Å². The average molecular weight is 251 g/mol. The minimum atomic E-state index is 0.103. The fourth-order valence-electron chi connectivity index (χ4n) is 1.64. The summed E-state index contributed by atoms with van der Waals surface area (Å²) in [6.45, 7) is 7.80. The lowest BCUT2D eigenvalue weighted by atomic mass is 10.1. The molecule has 102 valence electrons. The second-order valence-corrected chi connectivity index (χ2v) is 4.95. The van der Waals surface area contributed by atoms with Gasteiger partial charge in [-0.1, -0.05) is 38.1 Å². The monoisotopic (exact) mass is 251 g/mol. The van der Waals surface area contributed by atoms with Gasteiger partial charge < -0.3 is 15.2 Å². The molecule has 2 N–H and O–H groups in total. The van der Waals surface area contributed by atoms with Crippen LogP contribution in [0.25, 0.3) is 0 Å². The molecule has 1 rings (SSSR count). The number of benzene rings is 1. The third kappa shape index (κ3) is 6.74. The van der Waals surface area contributed by atoms with Crippen LogP contribution in [0.1, 0.15) is 31.4 Å². The molecule has 0 aliphatic carbocycles. The summed E-state index contributed by atoms with van der Waals surface area (Å²) in [5.74, 6) is 0.708. The first-order valence-electron chi connectivity index (χ1n) is 6.69. The Morgan fingerprint density at radius 2 is 2.00 bits per heavy atom. The molecule has 0 aromatic heterocycles. The van der Waals surface area contributed by atoms with Gasteiger partial charge in [0.2, 0.25) is 0 Å². The minimum Gasteiger partial charge on any atom is -0.392 e. The first-order chi connectivity index (χ1) is 8.72. The van der Waals surface area contributed by atoms with Crippen LogP contribution < -0.4 is 5.32 Å². The summed E-state index contributed by atoms with van der Waals surface area (Å²) in [5.41, 5.74) is 2.16. The van der Waals surface area contributed by atoms with Crippen LogP contribution in [0, 0.1) is 5.92 Å². The van der Waals surface area contributed by atoms with Gasteiger partial charge in [-0.25, -0.2) is 0 Å². The standard InChI is InChI=1S/C15H25NO2/c1-13(2)6-8-18-9-7-16-11-14-4-3-5-15(10-14)12-17/h3-5,10,13,16-17H,6-9,11-12H2,1-2H3. The van der Waals surface area contributed by atoms with Crippen molar-refractivity contribution in [3.8, 4) is 0 Å². The fraction of sp³-hybridized carbons (Fsp3) is 0.600. The van der Waals surface area contributed by atoms with Crippen LogP contribution >= 0.6 is 0 Å². The number of nitrogens with one attached hydrogen (secondary N) is 1. The summed E-state index contributed by atoms with van der Waals surface area (Å²) in [6.07, 6.45) is 1.12. The Labute approximate surface area is 110 Å². The smallest absolute Gasteiger partial charge is 0.0681 e. The molecule has 3 heteroatoms. The maximum Gasteiger partial charge on any atom is 0.0681 e. The van der Waals surface area contributed by atoms with Crippen LogP contribution in [0.3, 0.4) is 0 Å². The molecule has 0 bridgehead atoms. The van der Waals surface area contributed by atoms with Crippen LogP contribution in [-0.4, -0.2) is 24.9 Å². The van der Waals surface area contributed by atoms with Crippen LogP contribution in [-0.2, 0) is 17.9 Å². The maximum absolute atomic E-state index is 9.04. The van der Waals surface area contributed by atoms with Gasteiger partial charge in [-0.2, -0.15) is 0 Å². The van der Waals surface area contributed by atoms with Gasteiger partial charge in [-0.05, 0) is 23.5 Å². The van der Waals surface area contributed by atoms with E-state index in [0.29, 0.717) is 5.92 Å². The summed E-state index contributed by atoms with van der Waals surface area (Å²) < 4.78 is 5.52. The topological polar surface area (TPSA) is 41.5 Å². The summed E-state index contributed by atoms with van der Waals surface area (Å²) in [7, 11) is 0. The molecule has 0 aliphatic heterocycles. The van der Waals surface area contributed by atoms with E-state index < -0.39 is 0 Å². The van der Waals surface area contributed by atoms with Crippen molar-refractivity contribution in [1.82, 2.24) is 5.32 Å². The quantitative estimate of drug-likeness (QED) is 0.662. The third-order valence-electron chi connectivity index (χ3n) is 2.77. The number of aliphatic hydroxyl groups excluding tert-OH is 1. The molecule has 1 aromatic carbocycles. The SMILES string of the molecule is CC(C)CCOCCNCc1cccc(CO)c1. The van der Waals surface area contributed by atoms with Crippen molar-refractivity contribution in [3.63, 3.8) is 0 Å². The molecule has 0 radical (unpaired) electrons. The molecule has 0 saturated carbocycles. The predicted octanol–water partition coefficient (Wildman–Crippen LogP) is 2.33. The molecule has 1 aromatic rings. The number of ether oxygens (including phenoxy) is 1. The highest BCUT2D eigenvalue weighted by Crippen LogP contribution is 2.04. The minimum absolute atomic E-state index is 0.103. The van der Waals surface area contributed by atoms with Crippen molar-refractivity contribution in [1.29, 1.82) is 0 Å². The van der Waals surface area contributed by atoms with E-state index in [2.05, 4.69) is 25.2 Å². The lowest BCUT2D eigenvalue weighted by molar-refractivity contribution is 0.125. The van der Waals surface area contributed by atoms with Gasteiger partial charge in [-0.3, -0.25) is 0 Å². The number of hydrogen-bond donors (Lipinski definition) is 2. The molecule has 18 heavy (non-hydrogen) atoms. The molecular weight excluding hydrogens is 226 g/mol. The van der Waals surface area contributed by atoms with Gasteiger partial charge in [0, 0.05) is 19.7 Å². The molecule has 3 nitrogen and oxygen atoms in total. The highest BCUT2D eigenvalue weighted by atomic mass is 16.5. The first-order valence-corrected chi connectivity index (χ1v) is 6.69. The Bertz CT molecular complexity index is 326. The molecule has 0 spiro atoms. The summed E-state index contributed by atoms with van der Waals surface area (Å²) in [4.78, 5) is 0. The normalized spacial score (nSPS) is 11.1. The molecule has 0 heterocycles. The Kier molecular flexibility index (Phi) is 7.65. The number of hydrogen-bond acceptors (Lipinski definition) is 3. The number of aliphatic hydroxyl groups is 1. The fourth-order valence-corrected chi connectivity index (χ4v) is 1.64. The zero-order valence-corrected chi connectivity index (χ0v) is 11.5. The summed E-state index contributed by atoms with van der Waals surface area (Å²) in [6, 6.07) is 7.98. The van der Waals surface area contributed by atoms with Gasteiger partial charge in [0.05, 0.1) is 13.2 Å². The molecule has 0 aliphatic rings. The molecule has 0 saturated heterocycles. The Morgan fingerprint density at radius 1 is 1.22 bits per heavy atom. The van der Waals surface area contributed by atoms with Crippen molar-refractivity contribution in [2.75, 3.05) is 19.8 Å². The second-order valence-electron chi connectivity index (χ2n) is 4.95. The largest absolute Gasteiger partial charge is 0.392 e. The van der Waals surface area contributed by atoms with E-state index in [1.54, 1.807) is 0 Å². The summed E-state index contributed by atoms with van der Waals surface area (Å²) >= 11 is 0. The van der Waals surface area contributed by atoms with Gasteiger partial charge in [0.1, 0.15) is 0 Å². The van der Waals surface area contributed by atoms with Crippen LogP contribution in [0.15, 0.2) is 24.3 Å². The van der Waals surface area contributed by atoms with Crippen LogP contribution in [0.2, 0.25) is 0 Å². The summed E-state index contributed by atoms with van der Waals surface area (Å²) in [5, 5.41) is 12.4. The third-order valence-corrected chi connectivity index (χ3v) is 2.77. The van der Waals surface area contributed by atoms with E-state index in [1.807, 2.05) is 18.2 Å². The van der Waals surface area contributed by atoms with Crippen molar-refractivity contribution in [2.24, 2.45) is 5.92 Å². The van der Waals surface area contributed by atoms with Crippen molar-refractivity contribution >= 4 is 0 Å². The molecule has 0 unspecified atom stereocenters. The zero-order valence-electron chi connectivity index (χ0n) is 11.5. The van der Waals surface area contributed by atoms with Crippen LogP contribution in [0.5, 0.6) is 0 Å². The first kappa shape index (κ1) is 15.2. The Hall–Kier alpha value is -0.900. The van der Waals surface area contributed by atoms with Gasteiger partial charge in [0.15, 0.2) is 0 Å². The predicted molar refractivity (Wildman–Crippen MR) is 74.3 cm³/mol. The Morgan fingerprint density at radius 3 is 2.72 bits per heavy atom. The highest BCUT2D eigenvalue weighted by Gasteiger charge is 1.96. The highest BCUT2D eigenvalue weighted by molar-refractivity contribution is 5.22. The second kappa shape index (κ2) is 9.09. The lowest BCUT2D eigenvalue weighted by Gasteiger charge is -2.08. The van der Waals surface area contributed by atoms with E-state index in [-0.39, 0.29) is 6.61 Å². The Balaban J connectivity index is 2.06. The van der Waals surface area contributed by atoms with Gasteiger partial charge >= 0.3 is 0 Å². The zero-order chi connectivity index (χ0) is 13.2. The average Bonchev–Trinajstić information content (AvgIpc) is 2.37. The maximum atomic E-state index is 9.04. The lowest BCUT2D eigenvalue weighted by Crippen LogP contribution is -2.19. The van der Waals surface area contributed by atoms with E-state index in [9.17, 15) is 0 Å². The van der Waals surface area contributed by atoms with Crippen molar-refractivity contribution < 1.29 is 9.84 Å². The van der Waals surface area contributed by atoms with Crippen molar-refractivity contribution in [3.05, 3.63) is 35.4 Å². The van der Waals surface area contributed by atoms with Crippen molar-refractivity contribution in [2.45, 2.75) is 33.4 Å². The van der Waals surface area contributed by atoms with E-state index in [4.69, 9.17) is 9.84 Å². The molecule has 0 fully saturated rings. The van der Waals surface area contributed by atoms with Gasteiger partial charge in [0.25, 0.3) is 0 Å². The van der Waals surface area contributed by atoms with Gasteiger partial charge in [-0.15, -0.1) is 0 Å².